The first-order valence-corrected chi connectivity index (χ1v) is 2.21. The Morgan fingerprint density at radius 3 is 1.67 bits per heavy atom. The zero-order valence-corrected chi connectivity index (χ0v) is 6.33. The van der Waals surface area contributed by atoms with Gasteiger partial charge in [-0.1, -0.05) is 0 Å². The Bertz CT molecular complexity index is 19.1. The Morgan fingerprint density at radius 2 is 1.50 bits per heavy atom. The topological polar surface area (TPSA) is 12.0 Å². The fraction of sp³-hybridized carbons (Fsp3) is 1.00. The zero-order valence-electron chi connectivity index (χ0n) is 4.33. The maximum atomic E-state index is 3.22. The van der Waals surface area contributed by atoms with Crippen LogP contribution in [0.4, 0.5) is 0 Å². The molecule has 1 nitrogen and oxygen atoms in total. The van der Waals surface area contributed by atoms with Crippen LogP contribution in [0.2, 0.25) is 0 Å². The van der Waals surface area contributed by atoms with E-state index in [1.54, 1.807) is 0 Å². The Kier molecular flexibility index (Phi) is 4.79. The van der Waals surface area contributed by atoms with Gasteiger partial charge >= 0.3 is 0 Å². The summed E-state index contributed by atoms with van der Waals surface area (Å²) in [5.74, 6) is 0. The molecule has 0 aromatic carbocycles. The molecule has 0 amide bonds. The molecule has 6 heavy (non-hydrogen) atoms. The van der Waals surface area contributed by atoms with E-state index in [1.807, 2.05) is 0 Å². The number of rotatable bonds is 0. The molecule has 0 spiro atoms. The van der Waals surface area contributed by atoms with E-state index in [0.717, 1.165) is 0 Å². The molecule has 0 aliphatic carbocycles. The van der Waals surface area contributed by atoms with Crippen molar-refractivity contribution in [3.05, 3.63) is 0 Å². The monoisotopic (exact) mass is 94.1 g/mol. The van der Waals surface area contributed by atoms with Crippen LogP contribution in [0.1, 0.15) is 12.8 Å². The van der Waals surface area contributed by atoms with Gasteiger partial charge in [0.05, 0.1) is 0 Å². The van der Waals surface area contributed by atoms with Gasteiger partial charge in [0.25, 0.3) is 0 Å². The molecule has 1 rings (SSSR count). The molecule has 1 aliphatic heterocycles. The molecule has 0 aromatic heterocycles. The molecule has 1 heterocycles. The fourth-order valence-electron chi connectivity index (χ4n) is 0.625. The second kappa shape index (κ2) is 4.13. The summed E-state index contributed by atoms with van der Waals surface area (Å²) < 4.78 is 0. The van der Waals surface area contributed by atoms with Gasteiger partial charge in [-0.3, -0.25) is 0 Å². The van der Waals surface area contributed by atoms with Crippen molar-refractivity contribution in [3.8, 4) is 0 Å². The molecule has 1 fully saturated rings. The van der Waals surface area contributed by atoms with Gasteiger partial charge < -0.3 is 5.32 Å². The molecule has 0 atom stereocenters. The first-order valence-electron chi connectivity index (χ1n) is 2.21. The summed E-state index contributed by atoms with van der Waals surface area (Å²) in [4.78, 5) is 0. The van der Waals surface area contributed by atoms with Crippen molar-refractivity contribution >= 4 is 29.6 Å². The van der Waals surface area contributed by atoms with Gasteiger partial charge in [-0.15, -0.1) is 0 Å². The average Bonchev–Trinajstić information content (AvgIpc) is 1.76. The van der Waals surface area contributed by atoms with E-state index in [1.165, 1.54) is 25.9 Å². The molecule has 1 saturated heterocycles. The largest absolute Gasteiger partial charge is 0.317 e. The van der Waals surface area contributed by atoms with Crippen molar-refractivity contribution in [1.29, 1.82) is 0 Å². The maximum Gasteiger partial charge on any atom is 0 e. The van der Waals surface area contributed by atoms with Gasteiger partial charge in [-0.25, -0.2) is 0 Å². The van der Waals surface area contributed by atoms with E-state index in [2.05, 4.69) is 5.32 Å². The van der Waals surface area contributed by atoms with Gasteiger partial charge in [0.2, 0.25) is 0 Å². The van der Waals surface area contributed by atoms with E-state index < -0.39 is 0 Å². The van der Waals surface area contributed by atoms with Crippen molar-refractivity contribution < 1.29 is 0 Å². The molecule has 1 radical (unpaired) electrons. The first kappa shape index (κ1) is 6.96. The molecule has 0 aromatic rings. The Morgan fingerprint density at radius 1 is 1.00 bits per heavy atom. The van der Waals surface area contributed by atoms with Crippen molar-refractivity contribution in [2.45, 2.75) is 12.8 Å². The minimum absolute atomic E-state index is 0. The van der Waals surface area contributed by atoms with Gasteiger partial charge in [-0.05, 0) is 25.9 Å². The number of hydrogen-bond acceptors (Lipinski definition) is 1. The minimum atomic E-state index is 0. The van der Waals surface area contributed by atoms with E-state index >= 15 is 0 Å². The predicted octanol–water partition coefficient (Wildman–Crippen LogP) is -0.0110. The number of nitrogens with one attached hydrogen (secondary N) is 1. The van der Waals surface area contributed by atoms with Crippen LogP contribution in [0.5, 0.6) is 0 Å². The summed E-state index contributed by atoms with van der Waals surface area (Å²) in [7, 11) is 0. The van der Waals surface area contributed by atoms with E-state index in [0.29, 0.717) is 0 Å². The third-order valence-corrected chi connectivity index (χ3v) is 0.957. The van der Waals surface area contributed by atoms with Crippen LogP contribution in [0.25, 0.3) is 0 Å². The second-order valence-electron chi connectivity index (χ2n) is 1.46. The third-order valence-electron chi connectivity index (χ3n) is 0.957. The molecule has 0 saturated carbocycles. The van der Waals surface area contributed by atoms with Crippen LogP contribution in [0, 0.1) is 0 Å². The zero-order chi connectivity index (χ0) is 3.54. The van der Waals surface area contributed by atoms with Gasteiger partial charge in [0.15, 0.2) is 0 Å². The molecule has 1 aliphatic rings. The summed E-state index contributed by atoms with van der Waals surface area (Å²) >= 11 is 0. The van der Waals surface area contributed by atoms with Crippen molar-refractivity contribution in [2.24, 2.45) is 0 Å². The van der Waals surface area contributed by atoms with Crippen LogP contribution < -0.4 is 5.32 Å². The van der Waals surface area contributed by atoms with Crippen molar-refractivity contribution in [1.82, 2.24) is 5.32 Å². The second-order valence-corrected chi connectivity index (χ2v) is 1.46. The van der Waals surface area contributed by atoms with Crippen molar-refractivity contribution in [3.63, 3.8) is 0 Å². The molecule has 0 bridgehead atoms. The molecule has 31 valence electrons. The Hall–Kier alpha value is 0.960. The quantitative estimate of drug-likeness (QED) is 0.416. The van der Waals surface area contributed by atoms with Crippen LogP contribution in [-0.4, -0.2) is 42.6 Å². The summed E-state index contributed by atoms with van der Waals surface area (Å²) in [5.41, 5.74) is 0. The van der Waals surface area contributed by atoms with Crippen LogP contribution in [0.3, 0.4) is 0 Å². The average molecular weight is 94.1 g/mol. The van der Waals surface area contributed by atoms with Crippen LogP contribution in [0.15, 0.2) is 0 Å². The molecular weight excluding hydrogens is 85.0 g/mol. The Labute approximate surface area is 60.8 Å². The number of hydrogen-bond donors (Lipinski definition) is 1. The SMILES string of the molecule is C1CCNC1.[Na]. The third kappa shape index (κ3) is 2.19. The summed E-state index contributed by atoms with van der Waals surface area (Å²) in [6.07, 6.45) is 2.78. The Balaban J connectivity index is 0.000000250. The summed E-state index contributed by atoms with van der Waals surface area (Å²) in [5, 5.41) is 3.22. The minimum Gasteiger partial charge on any atom is -0.317 e. The summed E-state index contributed by atoms with van der Waals surface area (Å²) in [6, 6.07) is 0. The van der Waals surface area contributed by atoms with Gasteiger partial charge in [-0.2, -0.15) is 0 Å². The smallest absolute Gasteiger partial charge is 0 e. The normalized spacial score (nSPS) is 20.0. The van der Waals surface area contributed by atoms with E-state index in [4.69, 9.17) is 0 Å². The molecule has 1 N–H and O–H groups in total. The van der Waals surface area contributed by atoms with E-state index in [9.17, 15) is 0 Å². The van der Waals surface area contributed by atoms with Crippen molar-refractivity contribution in [2.75, 3.05) is 13.1 Å². The fourth-order valence-corrected chi connectivity index (χ4v) is 0.625. The van der Waals surface area contributed by atoms with Gasteiger partial charge in [0.1, 0.15) is 0 Å². The van der Waals surface area contributed by atoms with E-state index in [-0.39, 0.29) is 29.6 Å². The molecule has 0 unspecified atom stereocenters. The maximum absolute atomic E-state index is 3.22. The summed E-state index contributed by atoms with van der Waals surface area (Å²) in [6.45, 7) is 2.50. The molecule has 2 heteroatoms. The standard InChI is InChI=1S/C4H9N.Na/c1-2-4-5-3-1;/h5H,1-4H2;. The molecular formula is C4H9NNa. The predicted molar refractivity (Wildman–Crippen MR) is 27.9 cm³/mol. The van der Waals surface area contributed by atoms with Crippen LogP contribution in [-0.2, 0) is 0 Å². The van der Waals surface area contributed by atoms with Gasteiger partial charge in [0, 0.05) is 29.6 Å². The van der Waals surface area contributed by atoms with Crippen LogP contribution >= 0.6 is 0 Å². The first-order chi connectivity index (χ1) is 2.50.